The number of amides is 1. The highest BCUT2D eigenvalue weighted by atomic mass is 19.4. The summed E-state index contributed by atoms with van der Waals surface area (Å²) in [6.45, 7) is 4.68. The molecular formula is C31H43F3N4O6. The van der Waals surface area contributed by atoms with Crippen LogP contribution in [0.15, 0.2) is 48.7 Å². The highest BCUT2D eigenvalue weighted by molar-refractivity contribution is 5.96. The van der Waals surface area contributed by atoms with Gasteiger partial charge >= 0.3 is 12.1 Å². The number of nitrogens with one attached hydrogen (secondary N) is 2. The van der Waals surface area contributed by atoms with Crippen molar-refractivity contribution in [2.24, 2.45) is 5.84 Å². The fraction of sp³-hybridized carbons (Fsp3) is 0.484. The van der Waals surface area contributed by atoms with Crippen LogP contribution < -0.4 is 21.5 Å². The molecule has 2 aromatic rings. The van der Waals surface area contributed by atoms with E-state index >= 15 is 0 Å². The second-order valence-electron chi connectivity index (χ2n) is 9.98. The first-order chi connectivity index (χ1) is 21.0. The molecule has 10 nitrogen and oxygen atoms in total. The number of ether oxygens (including phenoxy) is 3. The van der Waals surface area contributed by atoms with Gasteiger partial charge in [-0.15, -0.1) is 0 Å². The maximum absolute atomic E-state index is 13.0. The van der Waals surface area contributed by atoms with Crippen LogP contribution in [-0.4, -0.2) is 70.2 Å². The van der Waals surface area contributed by atoms with Gasteiger partial charge in [0.05, 0.1) is 38.6 Å². The number of aliphatic carboxylic acids is 1. The molecule has 5 N–H and O–H groups in total. The van der Waals surface area contributed by atoms with Crippen molar-refractivity contribution in [1.29, 1.82) is 0 Å². The van der Waals surface area contributed by atoms with Gasteiger partial charge in [-0.25, -0.2) is 0 Å². The molecule has 0 aromatic heterocycles. The number of hydrogen-bond acceptors (Lipinski definition) is 8. The lowest BCUT2D eigenvalue weighted by molar-refractivity contribution is -0.138. The van der Waals surface area contributed by atoms with E-state index < -0.39 is 17.7 Å². The van der Waals surface area contributed by atoms with Crippen molar-refractivity contribution in [3.8, 4) is 0 Å². The maximum Gasteiger partial charge on any atom is 0.416 e. The number of carboxylic acid groups (broad SMARTS) is 1. The van der Waals surface area contributed by atoms with Crippen LogP contribution >= 0.6 is 0 Å². The van der Waals surface area contributed by atoms with Gasteiger partial charge in [-0.05, 0) is 67.8 Å². The molecule has 0 atom stereocenters. The molecular weight excluding hydrogens is 581 g/mol. The second kappa shape index (κ2) is 19.6. The molecule has 0 saturated carbocycles. The summed E-state index contributed by atoms with van der Waals surface area (Å²) in [6.07, 6.45) is 0.753. The van der Waals surface area contributed by atoms with E-state index in [1.54, 1.807) is 43.3 Å². The summed E-state index contributed by atoms with van der Waals surface area (Å²) in [4.78, 5) is 25.0. The van der Waals surface area contributed by atoms with Gasteiger partial charge in [-0.1, -0.05) is 12.8 Å². The van der Waals surface area contributed by atoms with Crippen molar-refractivity contribution in [1.82, 2.24) is 10.7 Å². The van der Waals surface area contributed by atoms with E-state index in [4.69, 9.17) is 25.2 Å². The molecule has 0 radical (unpaired) electrons. The number of hydrogen-bond donors (Lipinski definition) is 4. The number of carbonyl (C=O) groups excluding carboxylic acids is 1. The van der Waals surface area contributed by atoms with Gasteiger partial charge in [0.15, 0.2) is 0 Å². The Labute approximate surface area is 256 Å². The first kappa shape index (κ1) is 36.5. The smallest absolute Gasteiger partial charge is 0.416 e. The highest BCUT2D eigenvalue weighted by Gasteiger charge is 2.30. The van der Waals surface area contributed by atoms with E-state index in [2.05, 4.69) is 10.7 Å². The van der Waals surface area contributed by atoms with Gasteiger partial charge in [-0.3, -0.25) is 15.4 Å². The van der Waals surface area contributed by atoms with Gasteiger partial charge in [0, 0.05) is 55.3 Å². The summed E-state index contributed by atoms with van der Waals surface area (Å²) >= 11 is 0. The zero-order valence-electron chi connectivity index (χ0n) is 25.3. The third-order valence-corrected chi connectivity index (χ3v) is 6.63. The van der Waals surface area contributed by atoms with Crippen LogP contribution in [0.5, 0.6) is 0 Å². The number of unbranched alkanes of at least 4 members (excludes halogenated alkanes) is 3. The largest absolute Gasteiger partial charge is 0.481 e. The minimum atomic E-state index is -4.42. The number of rotatable bonds is 21. The van der Waals surface area contributed by atoms with Crippen LogP contribution in [0, 0.1) is 0 Å². The minimum Gasteiger partial charge on any atom is -0.481 e. The first-order valence-electron chi connectivity index (χ1n) is 14.5. The van der Waals surface area contributed by atoms with E-state index in [1.807, 2.05) is 0 Å². The van der Waals surface area contributed by atoms with E-state index in [1.165, 1.54) is 12.1 Å². The summed E-state index contributed by atoms with van der Waals surface area (Å²) in [7, 11) is 1.73. The van der Waals surface area contributed by atoms with Gasteiger partial charge in [0.2, 0.25) is 0 Å². The summed E-state index contributed by atoms with van der Waals surface area (Å²) < 4.78 is 55.4. The third kappa shape index (κ3) is 13.3. The number of carboxylic acids is 1. The van der Waals surface area contributed by atoms with Gasteiger partial charge in [0.25, 0.3) is 5.91 Å². The molecule has 2 aromatic carbocycles. The number of alkyl halides is 3. The fourth-order valence-electron chi connectivity index (χ4n) is 4.22. The molecule has 0 aliphatic rings. The zero-order chi connectivity index (χ0) is 32.4. The average molecular weight is 625 g/mol. The molecule has 0 unspecified atom stereocenters. The van der Waals surface area contributed by atoms with Crippen LogP contribution in [0.1, 0.15) is 60.5 Å². The molecule has 0 aliphatic carbocycles. The molecule has 244 valence electrons. The molecule has 0 saturated heterocycles. The van der Waals surface area contributed by atoms with Crippen molar-refractivity contribution in [3.05, 3.63) is 65.4 Å². The fourth-order valence-corrected chi connectivity index (χ4v) is 4.22. The summed E-state index contributed by atoms with van der Waals surface area (Å²) in [6, 6.07) is 9.92. The Morgan fingerprint density at radius 2 is 1.52 bits per heavy atom. The van der Waals surface area contributed by atoms with Crippen LogP contribution in [-0.2, 0) is 25.2 Å². The van der Waals surface area contributed by atoms with Crippen molar-refractivity contribution in [2.45, 2.75) is 45.2 Å². The molecule has 0 fully saturated rings. The monoisotopic (exact) mass is 624 g/mol. The minimum absolute atomic E-state index is 0.209. The number of nitrogens with two attached hydrogens (primary N) is 1. The summed E-state index contributed by atoms with van der Waals surface area (Å²) in [5, 5.41) is 11.4. The lowest BCUT2D eigenvalue weighted by Gasteiger charge is -2.24. The van der Waals surface area contributed by atoms with Crippen LogP contribution in [0.25, 0.3) is 5.57 Å². The molecule has 0 aliphatic heterocycles. The maximum atomic E-state index is 13.0. The number of halogens is 3. The van der Waals surface area contributed by atoms with Crippen LogP contribution in [0.3, 0.4) is 0 Å². The summed E-state index contributed by atoms with van der Waals surface area (Å²) in [5.41, 5.74) is 4.75. The van der Waals surface area contributed by atoms with E-state index in [-0.39, 0.29) is 18.9 Å². The Balaban J connectivity index is 1.74. The van der Waals surface area contributed by atoms with E-state index in [0.717, 1.165) is 37.0 Å². The van der Waals surface area contributed by atoms with E-state index in [9.17, 15) is 22.8 Å². The second-order valence-corrected chi connectivity index (χ2v) is 9.98. The zero-order valence-corrected chi connectivity index (χ0v) is 25.3. The van der Waals surface area contributed by atoms with Gasteiger partial charge in [0.1, 0.15) is 0 Å². The highest BCUT2D eigenvalue weighted by Crippen LogP contribution is 2.34. The number of anilines is 2. The molecule has 0 bridgehead atoms. The predicted molar refractivity (Wildman–Crippen MR) is 162 cm³/mol. The third-order valence-electron chi connectivity index (χ3n) is 6.63. The molecule has 0 spiro atoms. The van der Waals surface area contributed by atoms with Crippen LogP contribution in [0.2, 0.25) is 0 Å². The van der Waals surface area contributed by atoms with Gasteiger partial charge in [-0.2, -0.15) is 13.2 Å². The lowest BCUT2D eigenvalue weighted by Crippen LogP contribution is -2.28. The van der Waals surface area contributed by atoms with Crippen molar-refractivity contribution < 1.29 is 42.1 Å². The SMILES string of the molecule is C/C(=C\NN)c1cc(C(=O)NCCOCCOCCOCCCCCCC(=O)O)ccc1N(C)c1ccc(C(F)(F)F)cc1. The van der Waals surface area contributed by atoms with Crippen LogP contribution in [0.4, 0.5) is 24.5 Å². The topological polar surface area (TPSA) is 135 Å². The van der Waals surface area contributed by atoms with Crippen molar-refractivity contribution >= 4 is 28.8 Å². The molecule has 2 rings (SSSR count). The Hall–Kier alpha value is -3.65. The average Bonchev–Trinajstić information content (AvgIpc) is 2.99. The number of benzene rings is 2. The van der Waals surface area contributed by atoms with E-state index in [0.29, 0.717) is 68.6 Å². The Bertz CT molecular complexity index is 1190. The van der Waals surface area contributed by atoms with Gasteiger partial charge < -0.3 is 35.0 Å². The number of hydrazine groups is 1. The number of nitrogens with zero attached hydrogens (tertiary/aromatic N) is 1. The Morgan fingerprint density at radius 1 is 0.909 bits per heavy atom. The van der Waals surface area contributed by atoms with Crippen molar-refractivity contribution in [2.75, 3.05) is 58.1 Å². The number of carbonyl (C=O) groups is 2. The van der Waals surface area contributed by atoms with Crippen molar-refractivity contribution in [3.63, 3.8) is 0 Å². The first-order valence-corrected chi connectivity index (χ1v) is 14.5. The normalized spacial score (nSPS) is 11.8. The molecule has 13 heteroatoms. The Morgan fingerprint density at radius 3 is 2.14 bits per heavy atom. The standard InChI is InChI=1S/C31H43F3N4O6/c1-23(22-37-35)27-21-24(8-13-28(27)38(2)26-11-9-25(10-12-26)31(32,33)34)30(41)36-14-16-43-18-20-44-19-17-42-15-6-4-3-5-7-29(39)40/h8-13,21-22,37H,3-7,14-20,35H2,1-2H3,(H,36,41)(H,39,40)/b23-22+. The number of allylic oxidation sites excluding steroid dienone is 1. The quantitative estimate of drug-likeness (QED) is 0.0849. The molecule has 44 heavy (non-hydrogen) atoms. The lowest BCUT2D eigenvalue weighted by atomic mass is 10.0. The summed E-state index contributed by atoms with van der Waals surface area (Å²) in [5.74, 6) is 4.40. The predicted octanol–water partition coefficient (Wildman–Crippen LogP) is 5.11. The Kier molecular flexibility index (Phi) is 16.3. The molecule has 0 heterocycles. The molecule has 1 amide bonds.